The number of aryl methyl sites for hydroxylation is 2. The molecule has 0 atom stereocenters. The lowest BCUT2D eigenvalue weighted by molar-refractivity contribution is -0.402. The zero-order chi connectivity index (χ0) is 24.4. The van der Waals surface area contributed by atoms with Crippen LogP contribution in [0.1, 0.15) is 33.0 Å². The van der Waals surface area contributed by atoms with Crippen LogP contribution in [0.2, 0.25) is 0 Å². The number of hydrogen-bond donors (Lipinski definition) is 1. The number of carbonyl (C=O) groups excluding carboxylic acids is 1. The summed E-state index contributed by atoms with van der Waals surface area (Å²) < 4.78 is 24.5. The summed E-state index contributed by atoms with van der Waals surface area (Å²) in [7, 11) is 1.91. The third-order valence-corrected chi connectivity index (χ3v) is 5.68. The van der Waals surface area contributed by atoms with E-state index in [0.717, 1.165) is 16.7 Å². The van der Waals surface area contributed by atoms with Crippen molar-refractivity contribution in [2.75, 3.05) is 18.9 Å². The Bertz CT molecular complexity index is 1380. The fourth-order valence-corrected chi connectivity index (χ4v) is 3.94. The van der Waals surface area contributed by atoms with Gasteiger partial charge in [0.2, 0.25) is 0 Å². The Morgan fingerprint density at radius 3 is 2.57 bits per heavy atom. The molecule has 1 N–H and O–H groups in total. The van der Waals surface area contributed by atoms with Crippen molar-refractivity contribution in [1.82, 2.24) is 4.90 Å². The molecular weight excluding hydrogens is 477 g/mol. The molecule has 184 valence electrons. The van der Waals surface area contributed by atoms with Gasteiger partial charge in [-0.2, -0.15) is 0 Å². The molecule has 0 bridgehead atoms. The van der Waals surface area contributed by atoms with Crippen LogP contribution < -0.4 is 5.32 Å². The average molecular weight is 502 g/mol. The van der Waals surface area contributed by atoms with Gasteiger partial charge in [0.25, 0.3) is 5.91 Å². The van der Waals surface area contributed by atoms with Crippen LogP contribution in [0.5, 0.6) is 0 Å². The maximum atomic E-state index is 13.4. The molecule has 0 fully saturated rings. The van der Waals surface area contributed by atoms with Gasteiger partial charge in [-0.3, -0.25) is 19.8 Å². The number of furan rings is 2. The monoisotopic (exact) mass is 501 g/mol. The van der Waals surface area contributed by atoms with Crippen molar-refractivity contribution in [2.24, 2.45) is 0 Å². The number of likely N-dealkylation sites (N-methyl/N-ethyl adjacent to an activating group) is 1. The van der Waals surface area contributed by atoms with Crippen molar-refractivity contribution in [2.45, 2.75) is 26.8 Å². The van der Waals surface area contributed by atoms with Crippen molar-refractivity contribution in [3.8, 4) is 0 Å². The minimum absolute atomic E-state index is 0. The standard InChI is InChI=1S/C25H24FN3O5.ClH/c1-15-12-17(26)4-7-20(15)25(30)27-18-5-8-23-22(13-18)21(16(2)33-23)10-11-28(3)14-19-6-9-24(34-19)29(31)32;/h4-9,12-13H,10-11,14H2,1-3H3,(H,27,30);1H. The average Bonchev–Trinajstić information content (AvgIpc) is 3.36. The van der Waals surface area contributed by atoms with Crippen LogP contribution >= 0.6 is 12.4 Å². The van der Waals surface area contributed by atoms with Crippen molar-refractivity contribution < 1.29 is 22.9 Å². The number of amides is 1. The van der Waals surface area contributed by atoms with Crippen LogP contribution in [0.4, 0.5) is 16.0 Å². The number of nitro groups is 1. The summed E-state index contributed by atoms with van der Waals surface area (Å²) in [4.78, 5) is 24.9. The van der Waals surface area contributed by atoms with Gasteiger partial charge < -0.3 is 14.2 Å². The van der Waals surface area contributed by atoms with Crippen molar-refractivity contribution in [3.63, 3.8) is 0 Å². The van der Waals surface area contributed by atoms with Crippen LogP contribution in [0.25, 0.3) is 11.0 Å². The third kappa shape index (κ3) is 5.87. The first-order valence-electron chi connectivity index (χ1n) is 10.7. The Hall–Kier alpha value is -3.69. The highest BCUT2D eigenvalue weighted by atomic mass is 35.5. The van der Waals surface area contributed by atoms with Gasteiger partial charge in [0.1, 0.15) is 27.8 Å². The van der Waals surface area contributed by atoms with Gasteiger partial charge >= 0.3 is 5.88 Å². The Morgan fingerprint density at radius 2 is 1.89 bits per heavy atom. The van der Waals surface area contributed by atoms with Gasteiger partial charge in [0.05, 0.1) is 12.6 Å². The van der Waals surface area contributed by atoms with Crippen molar-refractivity contribution in [1.29, 1.82) is 0 Å². The Kier molecular flexibility index (Phi) is 7.93. The second-order valence-electron chi connectivity index (χ2n) is 8.25. The molecule has 0 radical (unpaired) electrons. The van der Waals surface area contributed by atoms with Gasteiger partial charge in [-0.05, 0) is 75.3 Å². The van der Waals surface area contributed by atoms with E-state index in [-0.39, 0.29) is 30.0 Å². The Balaban J connectivity index is 0.00000342. The van der Waals surface area contributed by atoms with Gasteiger partial charge in [-0.15, -0.1) is 12.4 Å². The molecule has 35 heavy (non-hydrogen) atoms. The number of nitrogens with zero attached hydrogens (tertiary/aromatic N) is 2. The zero-order valence-electron chi connectivity index (χ0n) is 19.5. The molecule has 2 aromatic carbocycles. The number of halogens is 2. The minimum Gasteiger partial charge on any atom is -0.461 e. The molecule has 0 spiro atoms. The van der Waals surface area contributed by atoms with E-state index < -0.39 is 4.92 Å². The molecule has 2 heterocycles. The summed E-state index contributed by atoms with van der Waals surface area (Å²) in [6.45, 7) is 4.68. The molecule has 4 aromatic rings. The number of carbonyl (C=O) groups is 1. The number of benzene rings is 2. The number of fused-ring (bicyclic) bond motifs is 1. The molecule has 1 amide bonds. The number of rotatable bonds is 8. The number of hydrogen-bond acceptors (Lipinski definition) is 6. The first-order valence-corrected chi connectivity index (χ1v) is 10.7. The molecule has 0 saturated carbocycles. The fraction of sp³-hybridized carbons (Fsp3) is 0.240. The Labute approximate surface area is 207 Å². The van der Waals surface area contributed by atoms with Crippen LogP contribution in [0.3, 0.4) is 0 Å². The van der Waals surface area contributed by atoms with E-state index in [1.165, 1.54) is 24.3 Å². The van der Waals surface area contributed by atoms with E-state index in [0.29, 0.717) is 47.7 Å². The molecule has 0 aliphatic carbocycles. The van der Waals surface area contributed by atoms with Crippen LogP contribution in [0, 0.1) is 29.8 Å². The lowest BCUT2D eigenvalue weighted by atomic mass is 10.1. The summed E-state index contributed by atoms with van der Waals surface area (Å²) in [5, 5.41) is 14.6. The first-order chi connectivity index (χ1) is 16.2. The molecule has 10 heteroatoms. The molecule has 8 nitrogen and oxygen atoms in total. The summed E-state index contributed by atoms with van der Waals surface area (Å²) >= 11 is 0. The van der Waals surface area contributed by atoms with Crippen LogP contribution in [-0.2, 0) is 13.0 Å². The second kappa shape index (κ2) is 10.7. The first kappa shape index (κ1) is 25.9. The van der Waals surface area contributed by atoms with Gasteiger partial charge in [0, 0.05) is 28.7 Å². The molecule has 0 unspecified atom stereocenters. The summed E-state index contributed by atoms with van der Waals surface area (Å²) in [5.41, 5.74) is 3.31. The van der Waals surface area contributed by atoms with E-state index in [4.69, 9.17) is 8.83 Å². The lowest BCUT2D eigenvalue weighted by Gasteiger charge is -2.14. The molecule has 4 rings (SSSR count). The smallest absolute Gasteiger partial charge is 0.433 e. The van der Waals surface area contributed by atoms with Crippen molar-refractivity contribution >= 4 is 40.9 Å². The summed E-state index contributed by atoms with van der Waals surface area (Å²) in [6.07, 6.45) is 0.673. The SMILES string of the molecule is Cc1cc(F)ccc1C(=O)Nc1ccc2oc(C)c(CCN(C)Cc3ccc([N+](=O)[O-])o3)c2c1.Cl. The molecule has 0 aliphatic rings. The number of anilines is 1. The zero-order valence-corrected chi connectivity index (χ0v) is 20.3. The largest absolute Gasteiger partial charge is 0.461 e. The molecule has 0 saturated heterocycles. The molecular formula is C25H25ClFN3O5. The topological polar surface area (TPSA) is 102 Å². The van der Waals surface area contributed by atoms with Gasteiger partial charge in [-0.1, -0.05) is 0 Å². The van der Waals surface area contributed by atoms with Crippen LogP contribution in [0.15, 0.2) is 57.4 Å². The highest BCUT2D eigenvalue weighted by Gasteiger charge is 2.16. The van der Waals surface area contributed by atoms with E-state index in [2.05, 4.69) is 5.32 Å². The van der Waals surface area contributed by atoms with Gasteiger partial charge in [-0.25, -0.2) is 4.39 Å². The molecule has 0 aliphatic heterocycles. The lowest BCUT2D eigenvalue weighted by Crippen LogP contribution is -2.20. The number of nitrogens with one attached hydrogen (secondary N) is 1. The van der Waals surface area contributed by atoms with E-state index >= 15 is 0 Å². The Morgan fingerprint density at radius 1 is 1.11 bits per heavy atom. The maximum absolute atomic E-state index is 13.4. The predicted molar refractivity (Wildman–Crippen MR) is 133 cm³/mol. The predicted octanol–water partition coefficient (Wildman–Crippen LogP) is 6.04. The molecule has 2 aromatic heterocycles. The third-order valence-electron chi connectivity index (χ3n) is 5.68. The fourth-order valence-electron chi connectivity index (χ4n) is 3.94. The maximum Gasteiger partial charge on any atom is 0.433 e. The highest BCUT2D eigenvalue weighted by molar-refractivity contribution is 6.06. The summed E-state index contributed by atoms with van der Waals surface area (Å²) in [6, 6.07) is 12.5. The van der Waals surface area contributed by atoms with Crippen LogP contribution in [-0.4, -0.2) is 29.3 Å². The van der Waals surface area contributed by atoms with Crippen molar-refractivity contribution in [3.05, 3.63) is 92.7 Å². The quantitative estimate of drug-likeness (QED) is 0.233. The minimum atomic E-state index is -0.557. The normalized spacial score (nSPS) is 11.0. The summed E-state index contributed by atoms with van der Waals surface area (Å²) in [5.74, 6) is 0.333. The van der Waals surface area contributed by atoms with E-state index in [9.17, 15) is 19.3 Å². The van der Waals surface area contributed by atoms with E-state index in [1.807, 2.05) is 31.0 Å². The second-order valence-corrected chi connectivity index (χ2v) is 8.25. The highest BCUT2D eigenvalue weighted by Crippen LogP contribution is 2.29. The van der Waals surface area contributed by atoms with E-state index in [1.54, 1.807) is 19.1 Å². The van der Waals surface area contributed by atoms with Gasteiger partial charge in [0.15, 0.2) is 0 Å².